The monoisotopic (exact) mass is 207 g/mol. The van der Waals surface area contributed by atoms with Crippen molar-refractivity contribution >= 4 is 21.6 Å². The zero-order valence-corrected chi connectivity index (χ0v) is 10.3. The highest BCUT2D eigenvalue weighted by Gasteiger charge is 1.95. The second-order valence-corrected chi connectivity index (χ2v) is 6.33. The van der Waals surface area contributed by atoms with E-state index in [9.17, 15) is 0 Å². The summed E-state index contributed by atoms with van der Waals surface area (Å²) in [4.78, 5) is 2.23. The molecular formula is C9H21NS2. The Kier molecular flexibility index (Phi) is 8.72. The molecule has 0 fully saturated rings. The molecule has 0 aliphatic rings. The summed E-state index contributed by atoms with van der Waals surface area (Å²) in [7, 11) is 8.26. The van der Waals surface area contributed by atoms with E-state index >= 15 is 0 Å². The first-order chi connectivity index (χ1) is 5.63. The fourth-order valence-electron chi connectivity index (χ4n) is 0.622. The van der Waals surface area contributed by atoms with Gasteiger partial charge in [-0.15, -0.1) is 0 Å². The smallest absolute Gasteiger partial charge is 0.0165 e. The molecule has 0 aromatic rings. The van der Waals surface area contributed by atoms with Crippen molar-refractivity contribution in [1.82, 2.24) is 4.90 Å². The van der Waals surface area contributed by atoms with Gasteiger partial charge in [-0.05, 0) is 26.4 Å². The summed E-state index contributed by atoms with van der Waals surface area (Å²) in [6, 6.07) is 0. The van der Waals surface area contributed by atoms with Crippen LogP contribution in [0.25, 0.3) is 0 Å². The van der Waals surface area contributed by atoms with Crippen LogP contribution in [0.15, 0.2) is 0 Å². The molecule has 0 bridgehead atoms. The molecule has 0 atom stereocenters. The van der Waals surface area contributed by atoms with Crippen molar-refractivity contribution in [3.8, 4) is 0 Å². The van der Waals surface area contributed by atoms with Gasteiger partial charge in [0.15, 0.2) is 0 Å². The van der Waals surface area contributed by atoms with Crippen molar-refractivity contribution < 1.29 is 0 Å². The lowest BCUT2D eigenvalue weighted by Gasteiger charge is -2.08. The molecule has 0 aromatic carbocycles. The van der Waals surface area contributed by atoms with Crippen LogP contribution in [-0.4, -0.2) is 37.0 Å². The highest BCUT2D eigenvalue weighted by atomic mass is 33.1. The van der Waals surface area contributed by atoms with Crippen LogP contribution in [0, 0.1) is 5.92 Å². The summed E-state index contributed by atoms with van der Waals surface area (Å²) < 4.78 is 0. The summed E-state index contributed by atoms with van der Waals surface area (Å²) in [6.45, 7) is 5.76. The summed E-state index contributed by atoms with van der Waals surface area (Å²) in [5.74, 6) is 3.40. The Balaban J connectivity index is 2.91. The van der Waals surface area contributed by atoms with Gasteiger partial charge in [0.1, 0.15) is 0 Å². The molecule has 0 aromatic heterocycles. The Bertz CT molecular complexity index is 82.5. The van der Waals surface area contributed by atoms with Crippen molar-refractivity contribution in [3.05, 3.63) is 0 Å². The summed E-state index contributed by atoms with van der Waals surface area (Å²) >= 11 is 0. The maximum Gasteiger partial charge on any atom is 0.0165 e. The second kappa shape index (κ2) is 8.27. The van der Waals surface area contributed by atoms with Crippen LogP contribution < -0.4 is 0 Å². The predicted molar refractivity (Wildman–Crippen MR) is 62.9 cm³/mol. The predicted octanol–water partition coefficient (Wildman–Crippen LogP) is 2.98. The molecule has 3 heteroatoms. The standard InChI is InChI=1S/C9H21NS2/c1-9(2)5-7-11-12-8-6-10(3)4/h9H,5-8H2,1-4H3. The first-order valence-corrected chi connectivity index (χ1v) is 7.01. The zero-order valence-electron chi connectivity index (χ0n) is 8.67. The third-order valence-electron chi connectivity index (χ3n) is 1.48. The van der Waals surface area contributed by atoms with E-state index < -0.39 is 0 Å². The first kappa shape index (κ1) is 12.7. The molecule has 0 N–H and O–H groups in total. The number of hydrogen-bond acceptors (Lipinski definition) is 3. The van der Waals surface area contributed by atoms with E-state index in [1.165, 1.54) is 24.5 Å². The van der Waals surface area contributed by atoms with Gasteiger partial charge < -0.3 is 4.90 Å². The molecule has 12 heavy (non-hydrogen) atoms. The average molecular weight is 207 g/mol. The topological polar surface area (TPSA) is 3.24 Å². The van der Waals surface area contributed by atoms with Crippen LogP contribution in [0.1, 0.15) is 20.3 Å². The van der Waals surface area contributed by atoms with Gasteiger partial charge in [-0.3, -0.25) is 0 Å². The largest absolute Gasteiger partial charge is 0.309 e. The van der Waals surface area contributed by atoms with Crippen molar-refractivity contribution in [1.29, 1.82) is 0 Å². The quantitative estimate of drug-likeness (QED) is 0.467. The van der Waals surface area contributed by atoms with Crippen molar-refractivity contribution in [2.75, 3.05) is 32.1 Å². The van der Waals surface area contributed by atoms with Crippen LogP contribution >= 0.6 is 21.6 Å². The van der Waals surface area contributed by atoms with Gasteiger partial charge in [0.05, 0.1) is 0 Å². The van der Waals surface area contributed by atoms with Gasteiger partial charge in [0.25, 0.3) is 0 Å². The van der Waals surface area contributed by atoms with E-state index in [1.807, 2.05) is 21.6 Å². The molecule has 0 saturated heterocycles. The van der Waals surface area contributed by atoms with Gasteiger partial charge in [-0.1, -0.05) is 35.4 Å². The number of nitrogens with zero attached hydrogens (tertiary/aromatic N) is 1. The normalized spacial score (nSPS) is 11.5. The minimum atomic E-state index is 0.854. The molecule has 0 rings (SSSR count). The summed E-state index contributed by atoms with van der Waals surface area (Å²) in [6.07, 6.45) is 1.35. The van der Waals surface area contributed by atoms with Crippen molar-refractivity contribution in [2.45, 2.75) is 20.3 Å². The van der Waals surface area contributed by atoms with Crippen LogP contribution in [0.4, 0.5) is 0 Å². The molecule has 0 saturated carbocycles. The average Bonchev–Trinajstić information content (AvgIpc) is 1.95. The fourth-order valence-corrected chi connectivity index (χ4v) is 3.08. The van der Waals surface area contributed by atoms with E-state index in [-0.39, 0.29) is 0 Å². The molecule has 0 amide bonds. The van der Waals surface area contributed by atoms with Crippen LogP contribution in [0.2, 0.25) is 0 Å². The van der Waals surface area contributed by atoms with Gasteiger partial charge >= 0.3 is 0 Å². The molecule has 74 valence electrons. The number of rotatable bonds is 7. The van der Waals surface area contributed by atoms with E-state index in [1.54, 1.807) is 0 Å². The Hall–Kier alpha value is 0.660. The Morgan fingerprint density at radius 2 is 1.67 bits per heavy atom. The summed E-state index contributed by atoms with van der Waals surface area (Å²) in [5.41, 5.74) is 0. The van der Waals surface area contributed by atoms with Crippen LogP contribution in [0.5, 0.6) is 0 Å². The Morgan fingerprint density at radius 3 is 2.17 bits per heavy atom. The number of hydrogen-bond donors (Lipinski definition) is 0. The Labute approximate surface area is 85.1 Å². The minimum Gasteiger partial charge on any atom is -0.309 e. The van der Waals surface area contributed by atoms with Crippen molar-refractivity contribution in [3.63, 3.8) is 0 Å². The highest BCUT2D eigenvalue weighted by Crippen LogP contribution is 2.22. The van der Waals surface area contributed by atoms with E-state index in [0.717, 1.165) is 5.92 Å². The lowest BCUT2D eigenvalue weighted by atomic mass is 10.2. The van der Waals surface area contributed by atoms with Crippen molar-refractivity contribution in [2.24, 2.45) is 5.92 Å². The third kappa shape index (κ3) is 10.7. The van der Waals surface area contributed by atoms with E-state index in [2.05, 4.69) is 32.8 Å². The van der Waals surface area contributed by atoms with Crippen LogP contribution in [-0.2, 0) is 0 Å². The molecular weight excluding hydrogens is 186 g/mol. The SMILES string of the molecule is CC(C)CCSSCCN(C)C. The maximum atomic E-state index is 2.28. The molecule has 0 aliphatic heterocycles. The van der Waals surface area contributed by atoms with Crippen LogP contribution in [0.3, 0.4) is 0 Å². The van der Waals surface area contributed by atoms with Gasteiger partial charge in [0, 0.05) is 18.1 Å². The maximum absolute atomic E-state index is 2.28. The molecule has 0 spiro atoms. The fraction of sp³-hybridized carbons (Fsp3) is 1.00. The summed E-state index contributed by atoms with van der Waals surface area (Å²) in [5, 5.41) is 0. The van der Waals surface area contributed by atoms with E-state index in [4.69, 9.17) is 0 Å². The molecule has 0 aliphatic carbocycles. The van der Waals surface area contributed by atoms with Gasteiger partial charge in [-0.25, -0.2) is 0 Å². The zero-order chi connectivity index (χ0) is 9.40. The first-order valence-electron chi connectivity index (χ1n) is 4.52. The molecule has 1 nitrogen and oxygen atoms in total. The highest BCUT2D eigenvalue weighted by molar-refractivity contribution is 8.76. The molecule has 0 heterocycles. The lowest BCUT2D eigenvalue weighted by molar-refractivity contribution is 0.438. The Morgan fingerprint density at radius 1 is 1.08 bits per heavy atom. The third-order valence-corrected chi connectivity index (χ3v) is 3.90. The molecule has 0 unspecified atom stereocenters. The second-order valence-electron chi connectivity index (χ2n) is 3.63. The van der Waals surface area contributed by atoms with Gasteiger partial charge in [-0.2, -0.15) is 0 Å². The minimum absolute atomic E-state index is 0.854. The van der Waals surface area contributed by atoms with E-state index in [0.29, 0.717) is 0 Å². The lowest BCUT2D eigenvalue weighted by Crippen LogP contribution is -2.14. The molecule has 0 radical (unpaired) electrons. The van der Waals surface area contributed by atoms with Gasteiger partial charge in [0.2, 0.25) is 0 Å².